The highest BCUT2D eigenvalue weighted by molar-refractivity contribution is 5.78. The Labute approximate surface area is 182 Å². The zero-order valence-corrected chi connectivity index (χ0v) is 19.1. The minimum Gasteiger partial charge on any atom is -0.393 e. The number of aliphatic hydroxyl groups excluding tert-OH is 1. The molecule has 5 nitrogen and oxygen atoms in total. The predicted octanol–water partition coefficient (Wildman–Crippen LogP) is 3.21. The van der Waals surface area contributed by atoms with Crippen molar-refractivity contribution in [1.29, 1.82) is 0 Å². The molecular weight excluding hydrogens is 376 g/mol. The lowest BCUT2D eigenvalue weighted by molar-refractivity contribution is -0.131. The van der Waals surface area contributed by atoms with Crippen LogP contribution in [0.5, 0.6) is 0 Å². The van der Waals surface area contributed by atoms with Gasteiger partial charge in [0.2, 0.25) is 5.91 Å². The van der Waals surface area contributed by atoms with Gasteiger partial charge >= 0.3 is 0 Å². The Kier molecular flexibility index (Phi) is 5.69. The fourth-order valence-corrected chi connectivity index (χ4v) is 8.67. The molecule has 30 heavy (non-hydrogen) atoms. The molecule has 170 valence electrons. The molecule has 1 heterocycles. The Morgan fingerprint density at radius 3 is 2.53 bits per heavy atom. The smallest absolute Gasteiger partial charge is 0.234 e. The van der Waals surface area contributed by atoms with E-state index in [1.54, 1.807) is 0 Å². The summed E-state index contributed by atoms with van der Waals surface area (Å²) in [6.45, 7) is 8.80. The van der Waals surface area contributed by atoms with Gasteiger partial charge in [-0.15, -0.1) is 0 Å². The van der Waals surface area contributed by atoms with E-state index in [-0.39, 0.29) is 17.4 Å². The van der Waals surface area contributed by atoms with Gasteiger partial charge < -0.3 is 15.2 Å². The molecule has 0 radical (unpaired) electrons. The Morgan fingerprint density at radius 1 is 1.00 bits per heavy atom. The van der Waals surface area contributed by atoms with Crippen molar-refractivity contribution >= 4 is 5.91 Å². The van der Waals surface area contributed by atoms with Gasteiger partial charge in [0.05, 0.1) is 25.9 Å². The van der Waals surface area contributed by atoms with Crippen molar-refractivity contribution in [2.75, 3.05) is 32.8 Å². The number of nitrogens with zero attached hydrogens (tertiary/aromatic N) is 1. The molecule has 1 saturated heterocycles. The van der Waals surface area contributed by atoms with Gasteiger partial charge in [-0.25, -0.2) is 0 Å². The van der Waals surface area contributed by atoms with Crippen LogP contribution >= 0.6 is 0 Å². The van der Waals surface area contributed by atoms with Crippen LogP contribution in [0.2, 0.25) is 0 Å². The highest BCUT2D eigenvalue weighted by Crippen LogP contribution is 2.66. The highest BCUT2D eigenvalue weighted by atomic mass is 16.5. The standard InChI is InChI=1S/C25H42N2O3/c1-24-9-7-18(28)15-17(24)3-4-19-20-5-6-22(25(20,2)10-8-21(19)24)26-23(29)16-27-11-13-30-14-12-27/h17-22,28H,3-16H2,1-2H3,(H,26,29)/t17-,18+,19+,20-,21+,22+,24-,25-/m0/s1. The summed E-state index contributed by atoms with van der Waals surface area (Å²) in [6, 6.07) is 0.343. The first-order valence-electron chi connectivity index (χ1n) is 12.7. The minimum absolute atomic E-state index is 0.0639. The van der Waals surface area contributed by atoms with Crippen molar-refractivity contribution in [3.8, 4) is 0 Å². The molecule has 8 atom stereocenters. The average molecular weight is 419 g/mol. The number of nitrogens with one attached hydrogen (secondary N) is 1. The van der Waals surface area contributed by atoms with Crippen LogP contribution in [0.3, 0.4) is 0 Å². The van der Waals surface area contributed by atoms with Gasteiger partial charge in [-0.2, -0.15) is 0 Å². The molecule has 1 amide bonds. The molecule has 0 spiro atoms. The molecule has 0 aromatic heterocycles. The monoisotopic (exact) mass is 418 g/mol. The maximum absolute atomic E-state index is 12.8. The van der Waals surface area contributed by atoms with Crippen molar-refractivity contribution < 1.29 is 14.6 Å². The van der Waals surface area contributed by atoms with Crippen LogP contribution in [0, 0.1) is 34.5 Å². The van der Waals surface area contributed by atoms with E-state index in [9.17, 15) is 9.90 Å². The predicted molar refractivity (Wildman–Crippen MR) is 117 cm³/mol. The van der Waals surface area contributed by atoms with Crippen molar-refractivity contribution in [2.24, 2.45) is 34.5 Å². The summed E-state index contributed by atoms with van der Waals surface area (Å²) in [5, 5.41) is 13.7. The average Bonchev–Trinajstić information content (AvgIpc) is 3.05. The van der Waals surface area contributed by atoms with E-state index in [2.05, 4.69) is 24.1 Å². The van der Waals surface area contributed by atoms with Gasteiger partial charge in [0.25, 0.3) is 0 Å². The van der Waals surface area contributed by atoms with Gasteiger partial charge in [-0.1, -0.05) is 13.8 Å². The molecule has 5 aliphatic rings. The number of carbonyl (C=O) groups is 1. The maximum atomic E-state index is 12.8. The van der Waals surface area contributed by atoms with E-state index in [1.807, 2.05) is 0 Å². The molecule has 2 N–H and O–H groups in total. The van der Waals surface area contributed by atoms with Crippen LogP contribution in [-0.4, -0.2) is 60.9 Å². The lowest BCUT2D eigenvalue weighted by Gasteiger charge is -2.61. The Morgan fingerprint density at radius 2 is 1.73 bits per heavy atom. The van der Waals surface area contributed by atoms with Crippen LogP contribution in [0.15, 0.2) is 0 Å². The normalized spacial score (nSPS) is 49.0. The molecular formula is C25H42N2O3. The maximum Gasteiger partial charge on any atom is 0.234 e. The zero-order chi connectivity index (χ0) is 20.9. The van der Waals surface area contributed by atoms with Crippen LogP contribution in [0.4, 0.5) is 0 Å². The topological polar surface area (TPSA) is 61.8 Å². The first-order chi connectivity index (χ1) is 14.4. The summed E-state index contributed by atoms with van der Waals surface area (Å²) >= 11 is 0. The van der Waals surface area contributed by atoms with Crippen molar-refractivity contribution in [3.63, 3.8) is 0 Å². The number of rotatable bonds is 3. The number of hydrogen-bond acceptors (Lipinski definition) is 4. The second kappa shape index (κ2) is 8.04. The van der Waals surface area contributed by atoms with Crippen molar-refractivity contribution in [2.45, 2.75) is 83.8 Å². The summed E-state index contributed by atoms with van der Waals surface area (Å²) in [7, 11) is 0. The largest absolute Gasteiger partial charge is 0.393 e. The van der Waals surface area contributed by atoms with E-state index in [1.165, 1.54) is 38.5 Å². The Hall–Kier alpha value is -0.650. The number of carbonyl (C=O) groups excluding carboxylic acids is 1. The van der Waals surface area contributed by atoms with E-state index < -0.39 is 0 Å². The molecule has 1 aliphatic heterocycles. The molecule has 4 aliphatic carbocycles. The number of aliphatic hydroxyl groups is 1. The number of hydrogen-bond donors (Lipinski definition) is 2. The third kappa shape index (κ3) is 3.53. The van der Waals surface area contributed by atoms with E-state index in [0.717, 1.165) is 69.2 Å². The van der Waals surface area contributed by atoms with Crippen LogP contribution in [-0.2, 0) is 9.53 Å². The molecule has 4 saturated carbocycles. The zero-order valence-electron chi connectivity index (χ0n) is 19.1. The van der Waals surface area contributed by atoms with E-state index in [0.29, 0.717) is 18.0 Å². The lowest BCUT2D eigenvalue weighted by atomic mass is 9.45. The second-order valence-corrected chi connectivity index (χ2v) is 11.7. The fourth-order valence-electron chi connectivity index (χ4n) is 8.67. The lowest BCUT2D eigenvalue weighted by Crippen LogP contribution is -2.56. The summed E-state index contributed by atoms with van der Waals surface area (Å²) in [5.74, 6) is 3.33. The third-order valence-corrected chi connectivity index (χ3v) is 10.4. The van der Waals surface area contributed by atoms with Crippen LogP contribution < -0.4 is 5.32 Å². The number of amides is 1. The molecule has 5 heteroatoms. The summed E-state index contributed by atoms with van der Waals surface area (Å²) in [4.78, 5) is 15.0. The second-order valence-electron chi connectivity index (χ2n) is 11.7. The molecule has 5 rings (SSSR count). The van der Waals surface area contributed by atoms with Gasteiger partial charge in [-0.05, 0) is 92.3 Å². The fraction of sp³-hybridized carbons (Fsp3) is 0.960. The van der Waals surface area contributed by atoms with Crippen LogP contribution in [0.25, 0.3) is 0 Å². The number of morpholine rings is 1. The van der Waals surface area contributed by atoms with Gasteiger partial charge in [-0.3, -0.25) is 9.69 Å². The van der Waals surface area contributed by atoms with Crippen LogP contribution in [0.1, 0.15) is 71.6 Å². The number of fused-ring (bicyclic) bond motifs is 5. The summed E-state index contributed by atoms with van der Waals surface area (Å²) < 4.78 is 5.42. The first kappa shape index (κ1) is 21.2. The highest BCUT2D eigenvalue weighted by Gasteiger charge is 2.60. The molecule has 0 aromatic rings. The van der Waals surface area contributed by atoms with Gasteiger partial charge in [0.1, 0.15) is 0 Å². The Bertz CT molecular complexity index is 650. The summed E-state index contributed by atoms with van der Waals surface area (Å²) in [5.41, 5.74) is 0.695. The minimum atomic E-state index is -0.0639. The van der Waals surface area contributed by atoms with E-state index in [4.69, 9.17) is 4.74 Å². The molecule has 0 unspecified atom stereocenters. The SMILES string of the molecule is C[C@]12CC[C@@H](O)C[C@@H]1CC[C@H]1[C@H]2CC[C@]2(C)[C@H](NC(=O)CN3CCOCC3)CC[C@@H]12. The van der Waals surface area contributed by atoms with Crippen molar-refractivity contribution in [3.05, 3.63) is 0 Å². The number of ether oxygens (including phenoxy) is 1. The molecule has 5 fully saturated rings. The van der Waals surface area contributed by atoms with Gasteiger partial charge in [0, 0.05) is 19.1 Å². The molecule has 0 aromatic carbocycles. The summed E-state index contributed by atoms with van der Waals surface area (Å²) in [6.07, 6.45) is 10.8. The third-order valence-electron chi connectivity index (χ3n) is 10.4. The van der Waals surface area contributed by atoms with Crippen molar-refractivity contribution in [1.82, 2.24) is 10.2 Å². The van der Waals surface area contributed by atoms with Gasteiger partial charge in [0.15, 0.2) is 0 Å². The Balaban J connectivity index is 1.25. The molecule has 0 bridgehead atoms. The first-order valence-corrected chi connectivity index (χ1v) is 12.7. The quantitative estimate of drug-likeness (QED) is 0.739. The van der Waals surface area contributed by atoms with E-state index >= 15 is 0 Å².